The van der Waals surface area contributed by atoms with Crippen molar-refractivity contribution in [1.82, 2.24) is 0 Å². The van der Waals surface area contributed by atoms with Crippen LogP contribution in [0.4, 0.5) is 0 Å². The third kappa shape index (κ3) is 1.80. The molecular weight excluding hydrogens is 329 g/mol. The normalized spacial score (nSPS) is 9.73. The zero-order chi connectivity index (χ0) is 8.43. The van der Waals surface area contributed by atoms with Crippen molar-refractivity contribution < 1.29 is 36.0 Å². The second-order valence-electron chi connectivity index (χ2n) is 2.41. The van der Waals surface area contributed by atoms with Crippen LogP contribution in [0.2, 0.25) is 0 Å². The number of rotatable bonds is 1. The molecule has 0 bridgehead atoms. The maximum absolute atomic E-state index is 10.7. The number of carboxylic acids is 1. The van der Waals surface area contributed by atoms with Crippen LogP contribution in [0.3, 0.4) is 0 Å². The van der Waals surface area contributed by atoms with Crippen LogP contribution in [0.1, 0.15) is 15.9 Å². The average Bonchev–Trinajstić information content (AvgIpc) is 1.85. The summed E-state index contributed by atoms with van der Waals surface area (Å²) in [5, 5.41) is 8.78. The number of benzene rings is 1. The number of carbonyl (C=O) groups is 1. The number of carboxylic acid groups (broad SMARTS) is 1. The summed E-state index contributed by atoms with van der Waals surface area (Å²) >= 11 is 0.387. The van der Waals surface area contributed by atoms with Crippen LogP contribution in [0.5, 0.6) is 0 Å². The zero-order valence-corrected chi connectivity index (χ0v) is 11.8. The van der Waals surface area contributed by atoms with Gasteiger partial charge in [-0.2, -0.15) is 0 Å². The first-order chi connectivity index (χ1) is 5.13. The summed E-state index contributed by atoms with van der Waals surface area (Å²) in [5.74, 6) is -0.798. The van der Waals surface area contributed by atoms with Crippen LogP contribution in [-0.4, -0.2) is 11.1 Å². The molecule has 1 aromatic rings. The van der Waals surface area contributed by atoms with Gasteiger partial charge in [-0.05, 0) is 0 Å². The predicted molar refractivity (Wildman–Crippen MR) is 37.8 cm³/mol. The molecule has 0 spiro atoms. The SMILES string of the molecule is Cc1ccc[c]([Hg])c1C(=O)O. The molecule has 0 aliphatic heterocycles. The van der Waals surface area contributed by atoms with Crippen molar-refractivity contribution in [2.24, 2.45) is 0 Å². The van der Waals surface area contributed by atoms with Gasteiger partial charge in [0.2, 0.25) is 0 Å². The van der Waals surface area contributed by atoms with E-state index < -0.39 is 5.97 Å². The molecule has 1 N–H and O–H groups in total. The fourth-order valence-corrected chi connectivity index (χ4v) is 3.24. The van der Waals surface area contributed by atoms with E-state index in [1.807, 2.05) is 25.1 Å². The minimum atomic E-state index is -0.798. The Balaban J connectivity index is 3.32. The molecule has 3 heteroatoms. The molecule has 11 heavy (non-hydrogen) atoms. The van der Waals surface area contributed by atoms with E-state index in [1.165, 1.54) is 0 Å². The van der Waals surface area contributed by atoms with Gasteiger partial charge in [-0.1, -0.05) is 0 Å². The topological polar surface area (TPSA) is 37.3 Å². The van der Waals surface area contributed by atoms with Crippen LogP contribution in [0.15, 0.2) is 18.2 Å². The molecular formula is C8H7HgO2. The summed E-state index contributed by atoms with van der Waals surface area (Å²) in [4.78, 5) is 10.7. The summed E-state index contributed by atoms with van der Waals surface area (Å²) in [7, 11) is 0. The quantitative estimate of drug-likeness (QED) is 0.773. The zero-order valence-electron chi connectivity index (χ0n) is 6.29. The summed E-state index contributed by atoms with van der Waals surface area (Å²) in [6.07, 6.45) is 0. The Morgan fingerprint density at radius 2 is 2.18 bits per heavy atom. The molecule has 0 saturated carbocycles. The van der Waals surface area contributed by atoms with Crippen molar-refractivity contribution in [2.45, 2.75) is 6.92 Å². The van der Waals surface area contributed by atoms with Gasteiger partial charge in [-0.3, -0.25) is 0 Å². The second-order valence-corrected chi connectivity index (χ2v) is 5.38. The molecule has 0 fully saturated rings. The number of hydrogen-bond acceptors (Lipinski definition) is 1. The molecule has 0 atom stereocenters. The first-order valence-corrected chi connectivity index (χ1v) is 6.02. The Morgan fingerprint density at radius 3 is 2.55 bits per heavy atom. The van der Waals surface area contributed by atoms with Gasteiger partial charge in [-0.25, -0.2) is 0 Å². The first-order valence-electron chi connectivity index (χ1n) is 3.28. The van der Waals surface area contributed by atoms with Crippen LogP contribution in [0.25, 0.3) is 0 Å². The summed E-state index contributed by atoms with van der Waals surface area (Å²) in [6, 6.07) is 5.63. The van der Waals surface area contributed by atoms with E-state index >= 15 is 0 Å². The predicted octanol–water partition coefficient (Wildman–Crippen LogP) is 0.865. The van der Waals surface area contributed by atoms with Gasteiger partial charge in [0.25, 0.3) is 0 Å². The van der Waals surface area contributed by atoms with Crippen molar-refractivity contribution in [3.8, 4) is 0 Å². The summed E-state index contributed by atoms with van der Waals surface area (Å²) in [5.41, 5.74) is 1.38. The average molecular weight is 336 g/mol. The maximum atomic E-state index is 10.7. The van der Waals surface area contributed by atoms with Crippen molar-refractivity contribution in [2.75, 3.05) is 0 Å². The van der Waals surface area contributed by atoms with Gasteiger partial charge >= 0.3 is 81.3 Å². The standard InChI is InChI=1S/C8H7O2.Hg/c1-6-4-2-3-5-7(6)8(9)10;/h2-4H,1H3,(H,9,10);. The molecule has 0 heterocycles. The fourth-order valence-electron chi connectivity index (χ4n) is 1.03. The third-order valence-corrected chi connectivity index (χ3v) is 3.86. The monoisotopic (exact) mass is 337 g/mol. The number of hydrogen-bond donors (Lipinski definition) is 1. The van der Waals surface area contributed by atoms with Gasteiger partial charge in [0.15, 0.2) is 0 Å². The molecule has 0 aliphatic carbocycles. The molecule has 0 aliphatic rings. The summed E-state index contributed by atoms with van der Waals surface area (Å²) < 4.78 is 1.01. The molecule has 0 unspecified atom stereocenters. The molecule has 53 valence electrons. The minimum absolute atomic E-state index is 0.387. The van der Waals surface area contributed by atoms with Crippen molar-refractivity contribution in [3.63, 3.8) is 0 Å². The molecule has 0 amide bonds. The first kappa shape index (κ1) is 8.72. The molecule has 0 saturated heterocycles. The second kappa shape index (κ2) is 3.35. The van der Waals surface area contributed by atoms with Gasteiger partial charge in [0.1, 0.15) is 0 Å². The van der Waals surface area contributed by atoms with Crippen molar-refractivity contribution in [3.05, 3.63) is 29.3 Å². The van der Waals surface area contributed by atoms with E-state index in [4.69, 9.17) is 5.11 Å². The van der Waals surface area contributed by atoms with Gasteiger partial charge < -0.3 is 0 Å². The van der Waals surface area contributed by atoms with Gasteiger partial charge in [0.05, 0.1) is 0 Å². The van der Waals surface area contributed by atoms with E-state index in [2.05, 4.69) is 0 Å². The van der Waals surface area contributed by atoms with E-state index in [-0.39, 0.29) is 0 Å². The van der Waals surface area contributed by atoms with Crippen LogP contribution in [0, 0.1) is 6.92 Å². The Morgan fingerprint density at radius 1 is 1.55 bits per heavy atom. The Bertz CT molecular complexity index is 274. The molecule has 1 aromatic carbocycles. The Kier molecular flexibility index (Phi) is 2.65. The van der Waals surface area contributed by atoms with E-state index in [9.17, 15) is 4.79 Å². The molecule has 2 nitrogen and oxygen atoms in total. The third-order valence-electron chi connectivity index (χ3n) is 1.57. The van der Waals surface area contributed by atoms with Gasteiger partial charge in [0, 0.05) is 0 Å². The van der Waals surface area contributed by atoms with Crippen LogP contribution in [-0.2, 0) is 26.1 Å². The Hall–Kier alpha value is -0.375. The van der Waals surface area contributed by atoms with Crippen LogP contribution < -0.4 is 3.07 Å². The van der Waals surface area contributed by atoms with E-state index in [0.29, 0.717) is 31.7 Å². The van der Waals surface area contributed by atoms with E-state index in [1.54, 1.807) is 0 Å². The molecule has 0 radical (unpaired) electrons. The molecule has 0 aromatic heterocycles. The summed E-state index contributed by atoms with van der Waals surface area (Å²) in [6.45, 7) is 1.83. The van der Waals surface area contributed by atoms with Crippen molar-refractivity contribution >= 4 is 9.04 Å². The van der Waals surface area contributed by atoms with E-state index in [0.717, 1.165) is 8.64 Å². The van der Waals surface area contributed by atoms with Crippen LogP contribution >= 0.6 is 0 Å². The van der Waals surface area contributed by atoms with Gasteiger partial charge in [-0.15, -0.1) is 0 Å². The Labute approximate surface area is 81.2 Å². The number of aromatic carboxylic acids is 1. The molecule has 1 rings (SSSR count). The fraction of sp³-hybridized carbons (Fsp3) is 0.125. The van der Waals surface area contributed by atoms with Crippen molar-refractivity contribution in [1.29, 1.82) is 0 Å². The number of aryl methyl sites for hydroxylation is 1.